The first-order valence-electron chi connectivity index (χ1n) is 12.2. The largest absolute Gasteiger partial charge is 0.497 e. The molecule has 8 nitrogen and oxygen atoms in total. The molecule has 202 valence electrons. The van der Waals surface area contributed by atoms with E-state index in [1.54, 1.807) is 73.7 Å². The van der Waals surface area contributed by atoms with Crippen LogP contribution in [0.2, 0.25) is 5.02 Å². The van der Waals surface area contributed by atoms with Gasteiger partial charge in [0.2, 0.25) is 11.8 Å². The number of nitrogens with zero attached hydrogens (tertiary/aromatic N) is 2. The molecule has 0 unspecified atom stereocenters. The Hall–Kier alpha value is -3.56. The molecule has 0 aromatic heterocycles. The van der Waals surface area contributed by atoms with Crippen molar-refractivity contribution >= 4 is 39.1 Å². The van der Waals surface area contributed by atoms with Gasteiger partial charge in [0.1, 0.15) is 18.3 Å². The predicted molar refractivity (Wildman–Crippen MR) is 149 cm³/mol. The SMILES string of the molecule is CCCNC(=O)[C@@H](C)N(Cc1ccc(Cl)cc1)C(=O)CN(c1ccccc1)S(=O)(=O)c1ccc(OC)cc1. The summed E-state index contributed by atoms with van der Waals surface area (Å²) >= 11 is 6.02. The average molecular weight is 558 g/mol. The van der Waals surface area contributed by atoms with Gasteiger partial charge >= 0.3 is 0 Å². The van der Waals surface area contributed by atoms with E-state index in [1.165, 1.54) is 24.1 Å². The maximum Gasteiger partial charge on any atom is 0.264 e. The van der Waals surface area contributed by atoms with Crippen LogP contribution in [0.25, 0.3) is 0 Å². The van der Waals surface area contributed by atoms with E-state index in [2.05, 4.69) is 5.32 Å². The van der Waals surface area contributed by atoms with Crippen molar-refractivity contribution in [2.75, 3.05) is 24.5 Å². The molecule has 0 heterocycles. The lowest BCUT2D eigenvalue weighted by molar-refractivity contribution is -0.139. The van der Waals surface area contributed by atoms with Gasteiger partial charge in [-0.1, -0.05) is 48.9 Å². The van der Waals surface area contributed by atoms with Crippen molar-refractivity contribution in [3.05, 3.63) is 89.4 Å². The van der Waals surface area contributed by atoms with E-state index in [-0.39, 0.29) is 17.3 Å². The molecule has 1 atom stereocenters. The third-order valence-corrected chi connectivity index (χ3v) is 7.99. The Morgan fingerprint density at radius 3 is 2.18 bits per heavy atom. The minimum absolute atomic E-state index is 0.00735. The number of carbonyl (C=O) groups excluding carboxylic acids is 2. The minimum atomic E-state index is -4.13. The number of rotatable bonds is 12. The van der Waals surface area contributed by atoms with Gasteiger partial charge in [-0.25, -0.2) is 8.42 Å². The number of anilines is 1. The number of benzene rings is 3. The van der Waals surface area contributed by atoms with Gasteiger partial charge in [-0.15, -0.1) is 0 Å². The van der Waals surface area contributed by atoms with Crippen molar-refractivity contribution in [2.45, 2.75) is 37.8 Å². The molecule has 0 saturated carbocycles. The Morgan fingerprint density at radius 2 is 1.61 bits per heavy atom. The highest BCUT2D eigenvalue weighted by Crippen LogP contribution is 2.26. The summed E-state index contributed by atoms with van der Waals surface area (Å²) in [7, 11) is -2.64. The Bertz CT molecular complexity index is 1320. The van der Waals surface area contributed by atoms with E-state index in [0.717, 1.165) is 16.3 Å². The van der Waals surface area contributed by atoms with Crippen LogP contribution in [0.3, 0.4) is 0 Å². The maximum absolute atomic E-state index is 13.8. The molecule has 1 N–H and O–H groups in total. The first-order chi connectivity index (χ1) is 18.2. The van der Waals surface area contributed by atoms with Crippen LogP contribution in [-0.2, 0) is 26.2 Å². The van der Waals surface area contributed by atoms with Crippen molar-refractivity contribution < 1.29 is 22.7 Å². The zero-order valence-electron chi connectivity index (χ0n) is 21.6. The van der Waals surface area contributed by atoms with Crippen molar-refractivity contribution in [2.24, 2.45) is 0 Å². The second kappa shape index (κ2) is 13.3. The summed E-state index contributed by atoms with van der Waals surface area (Å²) in [4.78, 5) is 28.0. The van der Waals surface area contributed by atoms with E-state index in [9.17, 15) is 18.0 Å². The molecule has 0 spiro atoms. The van der Waals surface area contributed by atoms with Crippen LogP contribution in [0.4, 0.5) is 5.69 Å². The molecular formula is C28H32ClN3O5S. The number of hydrogen-bond acceptors (Lipinski definition) is 5. The van der Waals surface area contributed by atoms with Crippen LogP contribution in [-0.4, -0.2) is 51.4 Å². The summed E-state index contributed by atoms with van der Waals surface area (Å²) in [5.41, 5.74) is 1.08. The fourth-order valence-electron chi connectivity index (χ4n) is 3.76. The fraction of sp³-hybridized carbons (Fsp3) is 0.286. The molecule has 0 aliphatic carbocycles. The molecule has 0 aliphatic heterocycles. The second-order valence-electron chi connectivity index (χ2n) is 8.64. The summed E-state index contributed by atoms with van der Waals surface area (Å²) in [6.07, 6.45) is 0.742. The van der Waals surface area contributed by atoms with Crippen molar-refractivity contribution in [3.8, 4) is 5.75 Å². The molecular weight excluding hydrogens is 526 g/mol. The molecule has 0 bridgehead atoms. The Balaban J connectivity index is 1.98. The van der Waals surface area contributed by atoms with Gasteiger partial charge in [0.25, 0.3) is 10.0 Å². The van der Waals surface area contributed by atoms with Crippen molar-refractivity contribution in [1.82, 2.24) is 10.2 Å². The average Bonchev–Trinajstić information content (AvgIpc) is 2.94. The Morgan fingerprint density at radius 1 is 0.974 bits per heavy atom. The molecule has 2 amide bonds. The van der Waals surface area contributed by atoms with Crippen LogP contribution in [0.15, 0.2) is 83.8 Å². The van der Waals surface area contributed by atoms with Gasteiger partial charge in [0.05, 0.1) is 17.7 Å². The quantitative estimate of drug-likeness (QED) is 0.354. The third kappa shape index (κ3) is 7.26. The van der Waals surface area contributed by atoms with Gasteiger partial charge in [-0.05, 0) is 67.4 Å². The smallest absolute Gasteiger partial charge is 0.264 e. The lowest BCUT2D eigenvalue weighted by atomic mass is 10.1. The number of ether oxygens (including phenoxy) is 1. The zero-order chi connectivity index (χ0) is 27.7. The lowest BCUT2D eigenvalue weighted by Gasteiger charge is -2.32. The fourth-order valence-corrected chi connectivity index (χ4v) is 5.30. The molecule has 0 fully saturated rings. The first-order valence-corrected chi connectivity index (χ1v) is 14.0. The Kier molecular flexibility index (Phi) is 10.2. The Labute approximate surface area is 229 Å². The molecule has 10 heteroatoms. The summed E-state index contributed by atoms with van der Waals surface area (Å²) in [6, 6.07) is 20.4. The third-order valence-electron chi connectivity index (χ3n) is 5.95. The number of para-hydroxylation sites is 1. The van der Waals surface area contributed by atoms with E-state index in [0.29, 0.717) is 23.0 Å². The standard InChI is InChI=1S/C28H32ClN3O5S/c1-4-18-30-28(34)21(2)31(19-22-10-12-23(29)13-11-22)27(33)20-32(24-8-6-5-7-9-24)38(35,36)26-16-14-25(37-3)15-17-26/h5-17,21H,4,18-20H2,1-3H3,(H,30,34)/t21-/m1/s1. The first kappa shape index (κ1) is 29.0. The predicted octanol–water partition coefficient (Wildman–Crippen LogP) is 4.49. The highest BCUT2D eigenvalue weighted by atomic mass is 35.5. The number of methoxy groups -OCH3 is 1. The van der Waals surface area contributed by atoms with Crippen LogP contribution in [0, 0.1) is 0 Å². The van der Waals surface area contributed by atoms with Gasteiger partial charge in [0, 0.05) is 18.1 Å². The number of amides is 2. The molecule has 38 heavy (non-hydrogen) atoms. The lowest BCUT2D eigenvalue weighted by Crippen LogP contribution is -2.51. The van der Waals surface area contributed by atoms with E-state index in [1.807, 2.05) is 6.92 Å². The van der Waals surface area contributed by atoms with Crippen molar-refractivity contribution in [1.29, 1.82) is 0 Å². The maximum atomic E-state index is 13.8. The molecule has 3 rings (SSSR count). The summed E-state index contributed by atoms with van der Waals surface area (Å²) < 4.78 is 33.7. The van der Waals surface area contributed by atoms with Crippen LogP contribution >= 0.6 is 11.6 Å². The van der Waals surface area contributed by atoms with E-state index in [4.69, 9.17) is 16.3 Å². The molecule has 3 aromatic carbocycles. The van der Waals surface area contributed by atoms with Gasteiger partial charge in [-0.2, -0.15) is 0 Å². The highest BCUT2D eigenvalue weighted by molar-refractivity contribution is 7.92. The second-order valence-corrected chi connectivity index (χ2v) is 10.9. The zero-order valence-corrected chi connectivity index (χ0v) is 23.2. The summed E-state index contributed by atoms with van der Waals surface area (Å²) in [6.45, 7) is 3.63. The number of nitrogens with one attached hydrogen (secondary N) is 1. The molecule has 0 aliphatic rings. The number of halogens is 1. The van der Waals surface area contributed by atoms with Crippen LogP contribution in [0.5, 0.6) is 5.75 Å². The van der Waals surface area contributed by atoms with E-state index < -0.39 is 28.5 Å². The van der Waals surface area contributed by atoms with Crippen LogP contribution in [0.1, 0.15) is 25.8 Å². The van der Waals surface area contributed by atoms with E-state index >= 15 is 0 Å². The van der Waals surface area contributed by atoms with Gasteiger partial charge in [0.15, 0.2) is 0 Å². The summed E-state index contributed by atoms with van der Waals surface area (Å²) in [5.74, 6) is -0.342. The molecule has 0 saturated heterocycles. The monoisotopic (exact) mass is 557 g/mol. The minimum Gasteiger partial charge on any atom is -0.497 e. The van der Waals surface area contributed by atoms with Gasteiger partial charge < -0.3 is 15.0 Å². The van der Waals surface area contributed by atoms with Gasteiger partial charge in [-0.3, -0.25) is 13.9 Å². The highest BCUT2D eigenvalue weighted by Gasteiger charge is 2.32. The normalized spacial score (nSPS) is 11.9. The number of sulfonamides is 1. The topological polar surface area (TPSA) is 96.0 Å². The van der Waals surface area contributed by atoms with Crippen LogP contribution < -0.4 is 14.4 Å². The van der Waals surface area contributed by atoms with Crippen molar-refractivity contribution in [3.63, 3.8) is 0 Å². The number of hydrogen-bond donors (Lipinski definition) is 1. The number of carbonyl (C=O) groups is 2. The molecule has 3 aromatic rings. The summed E-state index contributed by atoms with van der Waals surface area (Å²) in [5, 5.41) is 3.36. The molecule has 0 radical (unpaired) electrons.